The lowest BCUT2D eigenvalue weighted by Crippen LogP contribution is -2.37. The first-order valence-electron chi connectivity index (χ1n) is 9.72. The van der Waals surface area contributed by atoms with Gasteiger partial charge in [-0.05, 0) is 61.2 Å². The summed E-state index contributed by atoms with van der Waals surface area (Å²) in [4.78, 5) is 19.7. The average Bonchev–Trinajstić information content (AvgIpc) is 3.22. The van der Waals surface area contributed by atoms with Gasteiger partial charge in [0.1, 0.15) is 0 Å². The Balaban J connectivity index is 1.68. The molecule has 0 radical (unpaired) electrons. The third kappa shape index (κ3) is 4.47. The second-order valence-corrected chi connectivity index (χ2v) is 8.65. The normalized spacial score (nSPS) is 16.3. The van der Waals surface area contributed by atoms with E-state index in [-0.39, 0.29) is 12.0 Å². The van der Waals surface area contributed by atoms with Gasteiger partial charge in [-0.15, -0.1) is 0 Å². The molecule has 2 aromatic carbocycles. The van der Waals surface area contributed by atoms with E-state index in [0.29, 0.717) is 23.7 Å². The molecule has 1 aliphatic rings. The Labute approximate surface area is 184 Å². The van der Waals surface area contributed by atoms with Gasteiger partial charge in [-0.25, -0.2) is 0 Å². The molecule has 0 aliphatic carbocycles. The summed E-state index contributed by atoms with van der Waals surface area (Å²) in [7, 11) is 0. The van der Waals surface area contributed by atoms with E-state index < -0.39 is 0 Å². The van der Waals surface area contributed by atoms with Gasteiger partial charge in [-0.1, -0.05) is 39.7 Å². The van der Waals surface area contributed by atoms with E-state index in [1.54, 1.807) is 12.3 Å². The number of hydrogen-bond donors (Lipinski definition) is 0. The Bertz CT molecular complexity index is 1050. The van der Waals surface area contributed by atoms with Crippen LogP contribution in [0.1, 0.15) is 34.3 Å². The number of amides is 1. The van der Waals surface area contributed by atoms with Gasteiger partial charge in [0.15, 0.2) is 0 Å². The Morgan fingerprint density at radius 3 is 2.93 bits per heavy atom. The second kappa shape index (κ2) is 8.82. The van der Waals surface area contributed by atoms with E-state index >= 15 is 0 Å². The van der Waals surface area contributed by atoms with Crippen LogP contribution in [0.4, 0.5) is 0 Å². The highest BCUT2D eigenvalue weighted by Crippen LogP contribution is 2.29. The summed E-state index contributed by atoms with van der Waals surface area (Å²) in [6.07, 6.45) is 3.78. The molecule has 0 N–H and O–H groups in total. The maximum atomic E-state index is 13.5. The molecule has 2 heterocycles. The predicted molar refractivity (Wildman–Crippen MR) is 119 cm³/mol. The van der Waals surface area contributed by atoms with Gasteiger partial charge in [-0.3, -0.25) is 9.78 Å². The fourth-order valence-electron chi connectivity index (χ4n) is 3.69. The fourth-order valence-corrected chi connectivity index (χ4v) is 4.61. The van der Waals surface area contributed by atoms with Gasteiger partial charge >= 0.3 is 0 Å². The molecule has 1 fully saturated rings. The Hall–Kier alpha value is -1.95. The van der Waals surface area contributed by atoms with Crippen molar-refractivity contribution in [3.05, 3.63) is 74.8 Å². The minimum Gasteiger partial charge on any atom is -0.376 e. The van der Waals surface area contributed by atoms with E-state index in [2.05, 4.69) is 39.1 Å². The molecular formula is C23H22BrClN2O2. The maximum Gasteiger partial charge on any atom is 0.255 e. The lowest BCUT2D eigenvalue weighted by Gasteiger charge is -2.27. The van der Waals surface area contributed by atoms with Gasteiger partial charge in [0.05, 0.1) is 22.2 Å². The van der Waals surface area contributed by atoms with Crippen molar-refractivity contribution in [1.82, 2.24) is 9.88 Å². The van der Waals surface area contributed by atoms with Crippen LogP contribution < -0.4 is 0 Å². The van der Waals surface area contributed by atoms with Crippen LogP contribution in [0.15, 0.2) is 53.1 Å². The number of aryl methyl sites for hydroxylation is 1. The van der Waals surface area contributed by atoms with Crippen molar-refractivity contribution in [3.8, 4) is 0 Å². The van der Waals surface area contributed by atoms with E-state index in [1.807, 2.05) is 30.0 Å². The summed E-state index contributed by atoms with van der Waals surface area (Å²) in [5.41, 5.74) is 3.50. The highest BCUT2D eigenvalue weighted by Gasteiger charge is 2.26. The van der Waals surface area contributed by atoms with Crippen LogP contribution in [0.5, 0.6) is 0 Å². The van der Waals surface area contributed by atoms with Crippen LogP contribution in [-0.2, 0) is 11.3 Å². The zero-order chi connectivity index (χ0) is 20.4. The molecule has 1 aliphatic heterocycles. The number of carbonyl (C=O) groups excluding carboxylic acids is 1. The average molecular weight is 474 g/mol. The lowest BCUT2D eigenvalue weighted by atomic mass is 10.1. The number of carbonyl (C=O) groups is 1. The van der Waals surface area contributed by atoms with Crippen molar-refractivity contribution in [1.29, 1.82) is 0 Å². The van der Waals surface area contributed by atoms with Gasteiger partial charge in [0.25, 0.3) is 5.91 Å². The number of halogens is 2. The number of hydrogen-bond acceptors (Lipinski definition) is 3. The minimum atomic E-state index is -0.0938. The number of ether oxygens (including phenoxy) is 1. The van der Waals surface area contributed by atoms with Crippen molar-refractivity contribution in [2.45, 2.75) is 32.4 Å². The van der Waals surface area contributed by atoms with Crippen molar-refractivity contribution in [2.75, 3.05) is 13.2 Å². The van der Waals surface area contributed by atoms with E-state index in [4.69, 9.17) is 16.3 Å². The Kier molecular flexibility index (Phi) is 6.18. The number of benzene rings is 2. The largest absolute Gasteiger partial charge is 0.376 e. The van der Waals surface area contributed by atoms with Crippen LogP contribution in [0.25, 0.3) is 10.9 Å². The molecule has 0 saturated carbocycles. The summed E-state index contributed by atoms with van der Waals surface area (Å²) < 4.78 is 6.81. The molecule has 1 unspecified atom stereocenters. The number of rotatable bonds is 5. The Morgan fingerprint density at radius 2 is 2.17 bits per heavy atom. The monoisotopic (exact) mass is 472 g/mol. The SMILES string of the molecule is Cc1ccc(CN(CC2CCCO2)C(=O)c2ccc3ncccc3c2Cl)c(Br)c1. The number of pyridine rings is 1. The number of aromatic nitrogens is 1. The quantitative estimate of drug-likeness (QED) is 0.472. The lowest BCUT2D eigenvalue weighted by molar-refractivity contribution is 0.0507. The molecule has 0 bridgehead atoms. The number of nitrogens with zero attached hydrogens (tertiary/aromatic N) is 2. The zero-order valence-electron chi connectivity index (χ0n) is 16.2. The van der Waals surface area contributed by atoms with Crippen molar-refractivity contribution < 1.29 is 9.53 Å². The maximum absolute atomic E-state index is 13.5. The van der Waals surface area contributed by atoms with Crippen molar-refractivity contribution in [3.63, 3.8) is 0 Å². The van der Waals surface area contributed by atoms with Gasteiger partial charge in [0.2, 0.25) is 0 Å². The second-order valence-electron chi connectivity index (χ2n) is 7.41. The van der Waals surface area contributed by atoms with E-state index in [0.717, 1.165) is 40.4 Å². The molecule has 29 heavy (non-hydrogen) atoms. The van der Waals surface area contributed by atoms with Crippen LogP contribution in [0.2, 0.25) is 5.02 Å². The molecule has 3 aromatic rings. The van der Waals surface area contributed by atoms with E-state index in [1.165, 1.54) is 5.56 Å². The van der Waals surface area contributed by atoms with Crippen LogP contribution >= 0.6 is 27.5 Å². The highest BCUT2D eigenvalue weighted by atomic mass is 79.9. The smallest absolute Gasteiger partial charge is 0.255 e. The summed E-state index contributed by atoms with van der Waals surface area (Å²) in [6, 6.07) is 13.5. The summed E-state index contributed by atoms with van der Waals surface area (Å²) in [5, 5.41) is 1.23. The molecule has 4 rings (SSSR count). The summed E-state index contributed by atoms with van der Waals surface area (Å²) in [5.74, 6) is -0.0938. The van der Waals surface area contributed by atoms with Gasteiger partial charge in [-0.2, -0.15) is 0 Å². The molecule has 150 valence electrons. The first-order valence-corrected chi connectivity index (χ1v) is 10.9. The summed E-state index contributed by atoms with van der Waals surface area (Å²) in [6.45, 7) is 3.83. The molecule has 1 atom stereocenters. The molecule has 0 spiro atoms. The third-order valence-corrected chi connectivity index (χ3v) is 6.40. The van der Waals surface area contributed by atoms with Crippen molar-refractivity contribution >= 4 is 44.3 Å². The molecule has 4 nitrogen and oxygen atoms in total. The fraction of sp³-hybridized carbons (Fsp3) is 0.304. The topological polar surface area (TPSA) is 42.4 Å². The molecule has 1 aromatic heterocycles. The first kappa shape index (κ1) is 20.3. The van der Waals surface area contributed by atoms with Gasteiger partial charge < -0.3 is 9.64 Å². The molecular weight excluding hydrogens is 452 g/mol. The van der Waals surface area contributed by atoms with Crippen molar-refractivity contribution in [2.24, 2.45) is 0 Å². The molecule has 6 heteroatoms. The van der Waals surface area contributed by atoms with Crippen LogP contribution in [0.3, 0.4) is 0 Å². The highest BCUT2D eigenvalue weighted by molar-refractivity contribution is 9.10. The minimum absolute atomic E-state index is 0.0593. The predicted octanol–water partition coefficient (Wildman–Crippen LogP) is 5.78. The number of fused-ring (bicyclic) bond motifs is 1. The van der Waals surface area contributed by atoms with Crippen LogP contribution in [-0.4, -0.2) is 35.0 Å². The van der Waals surface area contributed by atoms with E-state index in [9.17, 15) is 4.79 Å². The standard InChI is InChI=1S/C23H22BrClN2O2/c1-15-6-7-16(20(24)12-15)13-27(14-17-4-3-11-29-17)23(28)19-8-9-21-18(22(19)25)5-2-10-26-21/h2,5-10,12,17H,3-4,11,13-14H2,1H3. The molecule has 1 amide bonds. The summed E-state index contributed by atoms with van der Waals surface area (Å²) >= 11 is 10.3. The Morgan fingerprint density at radius 1 is 1.31 bits per heavy atom. The van der Waals surface area contributed by atoms with Gasteiger partial charge in [0, 0.05) is 35.8 Å². The third-order valence-electron chi connectivity index (χ3n) is 5.25. The molecule has 1 saturated heterocycles. The zero-order valence-corrected chi connectivity index (χ0v) is 18.5. The van der Waals surface area contributed by atoms with Crippen LogP contribution in [0, 0.1) is 6.92 Å². The first-order chi connectivity index (χ1) is 14.0.